The second-order valence-corrected chi connectivity index (χ2v) is 5.49. The zero-order valence-corrected chi connectivity index (χ0v) is 11.6. The van der Waals surface area contributed by atoms with Gasteiger partial charge in [-0.15, -0.1) is 0 Å². The van der Waals surface area contributed by atoms with E-state index in [-0.39, 0.29) is 0 Å². The van der Waals surface area contributed by atoms with Crippen molar-refractivity contribution in [1.82, 2.24) is 10.2 Å². The lowest BCUT2D eigenvalue weighted by Crippen LogP contribution is -2.43. The van der Waals surface area contributed by atoms with Gasteiger partial charge in [0.15, 0.2) is 0 Å². The Morgan fingerprint density at radius 2 is 2.24 bits per heavy atom. The van der Waals surface area contributed by atoms with E-state index in [0.717, 1.165) is 30.2 Å². The van der Waals surface area contributed by atoms with Gasteiger partial charge in [0.1, 0.15) is 0 Å². The number of hydrogen-bond acceptors (Lipinski definition) is 2. The molecule has 0 aliphatic carbocycles. The molecule has 0 saturated carbocycles. The molecular formula is C13H18Cl2N2. The molecule has 0 amide bonds. The largest absolute Gasteiger partial charge is 0.315 e. The van der Waals surface area contributed by atoms with Crippen molar-refractivity contribution in [3.8, 4) is 0 Å². The highest BCUT2D eigenvalue weighted by Gasteiger charge is 2.18. The molecule has 1 atom stereocenters. The molecule has 0 unspecified atom stereocenters. The van der Waals surface area contributed by atoms with Crippen molar-refractivity contribution in [2.45, 2.75) is 25.4 Å². The van der Waals surface area contributed by atoms with Crippen molar-refractivity contribution in [3.63, 3.8) is 0 Å². The molecule has 1 saturated heterocycles. The van der Waals surface area contributed by atoms with Gasteiger partial charge in [-0.25, -0.2) is 0 Å². The third-order valence-electron chi connectivity index (χ3n) is 3.33. The van der Waals surface area contributed by atoms with Gasteiger partial charge in [0, 0.05) is 29.2 Å². The molecule has 17 heavy (non-hydrogen) atoms. The molecule has 0 aromatic heterocycles. The van der Waals surface area contributed by atoms with Crippen molar-refractivity contribution in [2.24, 2.45) is 0 Å². The third kappa shape index (κ3) is 3.59. The molecule has 1 aromatic carbocycles. The summed E-state index contributed by atoms with van der Waals surface area (Å²) in [5, 5.41) is 4.88. The highest BCUT2D eigenvalue weighted by Crippen LogP contribution is 2.23. The first-order chi connectivity index (χ1) is 8.16. The lowest BCUT2D eigenvalue weighted by molar-refractivity contribution is 0.196. The number of benzene rings is 1. The van der Waals surface area contributed by atoms with Gasteiger partial charge in [0.05, 0.1) is 0 Å². The Morgan fingerprint density at radius 3 is 2.88 bits per heavy atom. The van der Waals surface area contributed by atoms with Crippen LogP contribution in [0.3, 0.4) is 0 Å². The molecule has 2 nitrogen and oxygen atoms in total. The number of halogens is 2. The average molecular weight is 273 g/mol. The van der Waals surface area contributed by atoms with Gasteiger partial charge < -0.3 is 5.32 Å². The summed E-state index contributed by atoms with van der Waals surface area (Å²) in [4.78, 5) is 2.36. The van der Waals surface area contributed by atoms with E-state index in [1.165, 1.54) is 12.8 Å². The maximum atomic E-state index is 6.19. The maximum absolute atomic E-state index is 6.19. The van der Waals surface area contributed by atoms with Crippen molar-refractivity contribution in [2.75, 3.05) is 20.1 Å². The van der Waals surface area contributed by atoms with E-state index in [2.05, 4.69) is 17.3 Å². The van der Waals surface area contributed by atoms with Gasteiger partial charge in [-0.2, -0.15) is 0 Å². The Morgan fingerprint density at radius 1 is 1.41 bits per heavy atom. The first-order valence-electron chi connectivity index (χ1n) is 6.01. The summed E-state index contributed by atoms with van der Waals surface area (Å²) in [6.07, 6.45) is 2.51. The molecule has 1 fully saturated rings. The highest BCUT2D eigenvalue weighted by molar-refractivity contribution is 6.35. The van der Waals surface area contributed by atoms with Crippen LogP contribution in [0.25, 0.3) is 0 Å². The van der Waals surface area contributed by atoms with Crippen LogP contribution in [0.1, 0.15) is 18.4 Å². The lowest BCUT2D eigenvalue weighted by atomic mass is 10.1. The minimum Gasteiger partial charge on any atom is -0.315 e. The van der Waals surface area contributed by atoms with Crippen LogP contribution in [0.5, 0.6) is 0 Å². The fourth-order valence-corrected chi connectivity index (χ4v) is 2.73. The van der Waals surface area contributed by atoms with Gasteiger partial charge in [-0.1, -0.05) is 29.3 Å². The Balaban J connectivity index is 1.99. The topological polar surface area (TPSA) is 15.3 Å². The summed E-state index contributed by atoms with van der Waals surface area (Å²) < 4.78 is 0. The molecule has 94 valence electrons. The van der Waals surface area contributed by atoms with E-state index >= 15 is 0 Å². The van der Waals surface area contributed by atoms with Gasteiger partial charge >= 0.3 is 0 Å². The first-order valence-corrected chi connectivity index (χ1v) is 6.77. The zero-order valence-electron chi connectivity index (χ0n) is 10.0. The van der Waals surface area contributed by atoms with E-state index in [9.17, 15) is 0 Å². The lowest BCUT2D eigenvalue weighted by Gasteiger charge is -2.31. The molecule has 0 spiro atoms. The molecule has 1 aliphatic rings. The Kier molecular flexibility index (Phi) is 4.69. The normalized spacial score (nSPS) is 20.8. The molecule has 1 aromatic rings. The van der Waals surface area contributed by atoms with Crippen LogP contribution in [-0.2, 0) is 6.54 Å². The number of piperidine rings is 1. The van der Waals surface area contributed by atoms with E-state index < -0.39 is 0 Å². The van der Waals surface area contributed by atoms with Crippen LogP contribution in [0.2, 0.25) is 10.0 Å². The zero-order chi connectivity index (χ0) is 12.3. The van der Waals surface area contributed by atoms with Crippen LogP contribution in [0, 0.1) is 0 Å². The van der Waals surface area contributed by atoms with Crippen LogP contribution in [0.4, 0.5) is 0 Å². The number of hydrogen-bond donors (Lipinski definition) is 1. The predicted octanol–water partition coefficient (Wildman–Crippen LogP) is 3.18. The molecular weight excluding hydrogens is 255 g/mol. The van der Waals surface area contributed by atoms with Crippen molar-refractivity contribution in [1.29, 1.82) is 0 Å². The van der Waals surface area contributed by atoms with Gasteiger partial charge in [0.2, 0.25) is 0 Å². The molecule has 1 heterocycles. The van der Waals surface area contributed by atoms with Crippen molar-refractivity contribution < 1.29 is 0 Å². The fraction of sp³-hybridized carbons (Fsp3) is 0.538. The number of rotatable bonds is 3. The molecule has 4 heteroatoms. The quantitative estimate of drug-likeness (QED) is 0.910. The molecule has 0 radical (unpaired) electrons. The standard InChI is InChI=1S/C13H18Cl2N2/c1-17(12-3-2-6-16-8-12)9-10-4-5-11(14)7-13(10)15/h4-5,7,12,16H,2-3,6,8-9H2,1H3/t12-/m1/s1. The number of nitrogens with one attached hydrogen (secondary N) is 1. The molecule has 1 N–H and O–H groups in total. The highest BCUT2D eigenvalue weighted by atomic mass is 35.5. The summed E-state index contributed by atoms with van der Waals surface area (Å²) in [6, 6.07) is 6.33. The smallest absolute Gasteiger partial charge is 0.0465 e. The molecule has 0 bridgehead atoms. The number of likely N-dealkylation sites (N-methyl/N-ethyl adjacent to an activating group) is 1. The predicted molar refractivity (Wildman–Crippen MR) is 73.8 cm³/mol. The summed E-state index contributed by atoms with van der Waals surface area (Å²) in [5.41, 5.74) is 1.14. The Hall–Kier alpha value is -0.280. The van der Waals surface area contributed by atoms with E-state index in [1.54, 1.807) is 0 Å². The monoisotopic (exact) mass is 272 g/mol. The summed E-state index contributed by atoms with van der Waals surface area (Å²) in [6.45, 7) is 3.09. The van der Waals surface area contributed by atoms with Crippen LogP contribution >= 0.6 is 23.2 Å². The fourth-order valence-electron chi connectivity index (χ4n) is 2.26. The van der Waals surface area contributed by atoms with E-state index in [4.69, 9.17) is 23.2 Å². The third-order valence-corrected chi connectivity index (χ3v) is 3.92. The minimum absolute atomic E-state index is 0.607. The average Bonchev–Trinajstić information content (AvgIpc) is 2.34. The molecule has 1 aliphatic heterocycles. The van der Waals surface area contributed by atoms with Crippen molar-refractivity contribution >= 4 is 23.2 Å². The van der Waals surface area contributed by atoms with Crippen LogP contribution < -0.4 is 5.32 Å². The van der Waals surface area contributed by atoms with Crippen LogP contribution in [-0.4, -0.2) is 31.1 Å². The second kappa shape index (κ2) is 6.05. The maximum Gasteiger partial charge on any atom is 0.0465 e. The van der Waals surface area contributed by atoms with Gasteiger partial charge in [0.25, 0.3) is 0 Å². The second-order valence-electron chi connectivity index (χ2n) is 4.65. The van der Waals surface area contributed by atoms with Gasteiger partial charge in [-0.3, -0.25) is 4.90 Å². The minimum atomic E-state index is 0.607. The molecule has 2 rings (SSSR count). The first kappa shape index (κ1) is 13.2. The summed E-state index contributed by atoms with van der Waals surface area (Å²) >= 11 is 12.1. The number of nitrogens with zero attached hydrogens (tertiary/aromatic N) is 1. The van der Waals surface area contributed by atoms with Crippen LogP contribution in [0.15, 0.2) is 18.2 Å². The Labute approximate surface area is 113 Å². The van der Waals surface area contributed by atoms with E-state index in [1.807, 2.05) is 18.2 Å². The summed E-state index contributed by atoms with van der Waals surface area (Å²) in [7, 11) is 2.16. The SMILES string of the molecule is CN(Cc1ccc(Cl)cc1Cl)[C@@H]1CCCNC1. The van der Waals surface area contributed by atoms with E-state index in [0.29, 0.717) is 11.1 Å². The van der Waals surface area contributed by atoms with Crippen molar-refractivity contribution in [3.05, 3.63) is 33.8 Å². The Bertz CT molecular complexity index is 376. The van der Waals surface area contributed by atoms with Gasteiger partial charge in [-0.05, 0) is 44.1 Å². The summed E-state index contributed by atoms with van der Waals surface area (Å²) in [5.74, 6) is 0.